The standard InChI is InChI=1S/C20H19N3O2/c24-19(11-6-12-21-20(25)15-7-2-1-3-8-15)23-17-13-16-9-4-5-10-18(16)22-14-17/h1-5,7-10,13-14H,6,11-12H2,(H,21,25)(H,23,24). The molecular formula is C20H19N3O2. The molecule has 25 heavy (non-hydrogen) atoms. The minimum Gasteiger partial charge on any atom is -0.352 e. The van der Waals surface area contributed by atoms with Crippen LogP contribution in [-0.2, 0) is 4.79 Å². The SMILES string of the molecule is O=C(CCCNC(=O)c1ccccc1)Nc1cnc2ccccc2c1. The molecule has 0 unspecified atom stereocenters. The Kier molecular flexibility index (Phi) is 5.36. The molecule has 5 heteroatoms. The molecular weight excluding hydrogens is 314 g/mol. The van der Waals surface area contributed by atoms with Crippen molar-refractivity contribution in [1.82, 2.24) is 10.3 Å². The van der Waals surface area contributed by atoms with Gasteiger partial charge in [0.2, 0.25) is 5.91 Å². The van der Waals surface area contributed by atoms with Crippen LogP contribution < -0.4 is 10.6 Å². The van der Waals surface area contributed by atoms with Gasteiger partial charge in [-0.3, -0.25) is 14.6 Å². The summed E-state index contributed by atoms with van der Waals surface area (Å²) in [5.74, 6) is -0.217. The molecule has 0 aliphatic heterocycles. The number of para-hydroxylation sites is 1. The molecule has 0 saturated carbocycles. The third-order valence-electron chi connectivity index (χ3n) is 3.78. The topological polar surface area (TPSA) is 71.1 Å². The molecule has 2 N–H and O–H groups in total. The number of rotatable bonds is 6. The highest BCUT2D eigenvalue weighted by Crippen LogP contribution is 2.16. The highest BCUT2D eigenvalue weighted by atomic mass is 16.2. The molecule has 0 bridgehead atoms. The Balaban J connectivity index is 1.44. The number of hydrogen-bond donors (Lipinski definition) is 2. The van der Waals surface area contributed by atoms with Crippen molar-refractivity contribution in [2.75, 3.05) is 11.9 Å². The lowest BCUT2D eigenvalue weighted by atomic mass is 10.2. The number of hydrogen-bond acceptors (Lipinski definition) is 3. The number of nitrogens with zero attached hydrogens (tertiary/aromatic N) is 1. The average Bonchev–Trinajstić information content (AvgIpc) is 2.65. The largest absolute Gasteiger partial charge is 0.352 e. The quantitative estimate of drug-likeness (QED) is 0.679. The number of carbonyl (C=O) groups excluding carboxylic acids is 2. The molecule has 0 aliphatic carbocycles. The van der Waals surface area contributed by atoms with E-state index >= 15 is 0 Å². The van der Waals surface area contributed by atoms with E-state index in [-0.39, 0.29) is 11.8 Å². The molecule has 126 valence electrons. The first-order chi connectivity index (χ1) is 12.2. The number of anilines is 1. The van der Waals surface area contributed by atoms with Gasteiger partial charge in [-0.25, -0.2) is 0 Å². The fraction of sp³-hybridized carbons (Fsp3) is 0.150. The van der Waals surface area contributed by atoms with Gasteiger partial charge in [0.15, 0.2) is 0 Å². The molecule has 5 nitrogen and oxygen atoms in total. The number of pyridine rings is 1. The number of aromatic nitrogens is 1. The van der Waals surface area contributed by atoms with E-state index in [2.05, 4.69) is 15.6 Å². The number of nitrogens with one attached hydrogen (secondary N) is 2. The van der Waals surface area contributed by atoms with Gasteiger partial charge in [-0.2, -0.15) is 0 Å². The van der Waals surface area contributed by atoms with Crippen molar-refractivity contribution in [2.24, 2.45) is 0 Å². The Morgan fingerprint density at radius 1 is 0.960 bits per heavy atom. The first-order valence-electron chi connectivity index (χ1n) is 8.20. The summed E-state index contributed by atoms with van der Waals surface area (Å²) >= 11 is 0. The lowest BCUT2D eigenvalue weighted by Crippen LogP contribution is -2.25. The van der Waals surface area contributed by atoms with Crippen LogP contribution >= 0.6 is 0 Å². The molecule has 0 atom stereocenters. The minimum atomic E-state index is -0.125. The maximum absolute atomic E-state index is 12.0. The van der Waals surface area contributed by atoms with E-state index in [1.807, 2.05) is 48.5 Å². The van der Waals surface area contributed by atoms with Crippen molar-refractivity contribution in [3.63, 3.8) is 0 Å². The Morgan fingerprint density at radius 3 is 2.56 bits per heavy atom. The monoisotopic (exact) mass is 333 g/mol. The highest BCUT2D eigenvalue weighted by molar-refractivity contribution is 5.94. The maximum atomic E-state index is 12.0. The van der Waals surface area contributed by atoms with Gasteiger partial charge in [-0.05, 0) is 30.7 Å². The van der Waals surface area contributed by atoms with Crippen molar-refractivity contribution >= 4 is 28.4 Å². The molecule has 3 aromatic rings. The maximum Gasteiger partial charge on any atom is 0.251 e. The summed E-state index contributed by atoms with van der Waals surface area (Å²) in [4.78, 5) is 28.2. The lowest BCUT2D eigenvalue weighted by molar-refractivity contribution is -0.116. The van der Waals surface area contributed by atoms with Crippen molar-refractivity contribution in [3.8, 4) is 0 Å². The van der Waals surface area contributed by atoms with Gasteiger partial charge in [0.25, 0.3) is 5.91 Å². The second-order valence-electron chi connectivity index (χ2n) is 5.69. The molecule has 1 aromatic heterocycles. The predicted octanol–water partition coefficient (Wildman–Crippen LogP) is 3.38. The van der Waals surface area contributed by atoms with E-state index in [0.29, 0.717) is 30.6 Å². The van der Waals surface area contributed by atoms with Gasteiger partial charge in [0, 0.05) is 23.9 Å². The van der Waals surface area contributed by atoms with Crippen LogP contribution in [0.4, 0.5) is 5.69 Å². The van der Waals surface area contributed by atoms with Crippen LogP contribution in [0.2, 0.25) is 0 Å². The number of carbonyl (C=O) groups is 2. The van der Waals surface area contributed by atoms with E-state index in [1.54, 1.807) is 18.3 Å². The van der Waals surface area contributed by atoms with Gasteiger partial charge in [0.1, 0.15) is 0 Å². The third-order valence-corrected chi connectivity index (χ3v) is 3.78. The number of fused-ring (bicyclic) bond motifs is 1. The zero-order valence-corrected chi connectivity index (χ0v) is 13.7. The fourth-order valence-corrected chi connectivity index (χ4v) is 2.51. The van der Waals surface area contributed by atoms with E-state index in [9.17, 15) is 9.59 Å². The van der Waals surface area contributed by atoms with Gasteiger partial charge >= 0.3 is 0 Å². The Bertz CT molecular complexity index is 878. The Morgan fingerprint density at radius 2 is 1.72 bits per heavy atom. The molecule has 1 heterocycles. The van der Waals surface area contributed by atoms with E-state index in [4.69, 9.17) is 0 Å². The summed E-state index contributed by atoms with van der Waals surface area (Å²) < 4.78 is 0. The number of amides is 2. The van der Waals surface area contributed by atoms with Crippen LogP contribution in [0, 0.1) is 0 Å². The van der Waals surface area contributed by atoms with Crippen LogP contribution in [0.25, 0.3) is 10.9 Å². The third kappa shape index (κ3) is 4.64. The average molecular weight is 333 g/mol. The zero-order chi connectivity index (χ0) is 17.5. The van der Waals surface area contributed by atoms with Crippen molar-refractivity contribution in [3.05, 3.63) is 72.4 Å². The second-order valence-corrected chi connectivity index (χ2v) is 5.69. The van der Waals surface area contributed by atoms with Gasteiger partial charge < -0.3 is 10.6 Å². The second kappa shape index (κ2) is 8.06. The minimum absolute atomic E-state index is 0.0916. The van der Waals surface area contributed by atoms with Crippen LogP contribution in [0.15, 0.2) is 66.9 Å². The first-order valence-corrected chi connectivity index (χ1v) is 8.20. The Hall–Kier alpha value is -3.21. The van der Waals surface area contributed by atoms with E-state index < -0.39 is 0 Å². The summed E-state index contributed by atoms with van der Waals surface area (Å²) in [6, 6.07) is 18.7. The summed E-state index contributed by atoms with van der Waals surface area (Å²) in [5, 5.41) is 6.63. The van der Waals surface area contributed by atoms with Gasteiger partial charge in [0.05, 0.1) is 17.4 Å². The molecule has 0 aliphatic rings. The summed E-state index contributed by atoms with van der Waals surface area (Å²) in [6.07, 6.45) is 2.56. The molecule has 0 fully saturated rings. The molecule has 2 aromatic carbocycles. The molecule has 3 rings (SSSR count). The first kappa shape index (κ1) is 16.6. The van der Waals surface area contributed by atoms with Crippen LogP contribution in [-0.4, -0.2) is 23.3 Å². The van der Waals surface area contributed by atoms with Gasteiger partial charge in [-0.1, -0.05) is 36.4 Å². The van der Waals surface area contributed by atoms with E-state index in [0.717, 1.165) is 10.9 Å². The predicted molar refractivity (Wildman–Crippen MR) is 98.4 cm³/mol. The lowest BCUT2D eigenvalue weighted by Gasteiger charge is -2.07. The number of benzene rings is 2. The normalized spacial score (nSPS) is 10.4. The van der Waals surface area contributed by atoms with Crippen molar-refractivity contribution in [1.29, 1.82) is 0 Å². The smallest absolute Gasteiger partial charge is 0.251 e. The van der Waals surface area contributed by atoms with Crippen LogP contribution in [0.5, 0.6) is 0 Å². The highest BCUT2D eigenvalue weighted by Gasteiger charge is 2.06. The van der Waals surface area contributed by atoms with E-state index in [1.165, 1.54) is 0 Å². The van der Waals surface area contributed by atoms with Crippen LogP contribution in [0.1, 0.15) is 23.2 Å². The fourth-order valence-electron chi connectivity index (χ4n) is 2.51. The Labute approximate surface area is 146 Å². The molecule has 0 saturated heterocycles. The molecule has 0 radical (unpaired) electrons. The summed E-state index contributed by atoms with van der Waals surface area (Å²) in [5.41, 5.74) is 2.19. The van der Waals surface area contributed by atoms with Gasteiger partial charge in [-0.15, -0.1) is 0 Å². The zero-order valence-electron chi connectivity index (χ0n) is 13.7. The summed E-state index contributed by atoms with van der Waals surface area (Å²) in [6.45, 7) is 0.455. The summed E-state index contributed by atoms with van der Waals surface area (Å²) in [7, 11) is 0. The molecule has 2 amide bonds. The van der Waals surface area contributed by atoms with Crippen molar-refractivity contribution < 1.29 is 9.59 Å². The van der Waals surface area contributed by atoms with Crippen molar-refractivity contribution in [2.45, 2.75) is 12.8 Å². The van der Waals surface area contributed by atoms with Crippen LogP contribution in [0.3, 0.4) is 0 Å². The molecule has 0 spiro atoms.